The quantitative estimate of drug-likeness (QED) is 0.580. The summed E-state index contributed by atoms with van der Waals surface area (Å²) in [7, 11) is 0. The van der Waals surface area contributed by atoms with E-state index in [2.05, 4.69) is 10.3 Å². The molecule has 0 radical (unpaired) electrons. The van der Waals surface area contributed by atoms with Crippen molar-refractivity contribution < 1.29 is 19.8 Å². The van der Waals surface area contributed by atoms with Crippen LogP contribution in [0.25, 0.3) is 11.3 Å². The minimum atomic E-state index is -1.10. The van der Waals surface area contributed by atoms with Crippen LogP contribution in [0.4, 0.5) is 0 Å². The highest BCUT2D eigenvalue weighted by molar-refractivity contribution is 7.10. The van der Waals surface area contributed by atoms with Gasteiger partial charge in [0.25, 0.3) is 0 Å². The molecule has 0 aliphatic heterocycles. The van der Waals surface area contributed by atoms with Crippen LogP contribution in [0.15, 0.2) is 23.6 Å². The number of aromatic nitrogens is 1. The van der Waals surface area contributed by atoms with Crippen molar-refractivity contribution in [1.29, 1.82) is 0 Å². The Balaban J connectivity index is 2.16. The molecular formula is C19H23ClN2O4S. The van der Waals surface area contributed by atoms with Gasteiger partial charge < -0.3 is 10.2 Å². The number of halogens is 1. The molecule has 2 atom stereocenters. The molecule has 0 saturated heterocycles. The lowest BCUT2D eigenvalue weighted by Gasteiger charge is -2.21. The first-order chi connectivity index (χ1) is 12.7. The van der Waals surface area contributed by atoms with E-state index in [4.69, 9.17) is 11.6 Å². The van der Waals surface area contributed by atoms with Gasteiger partial charge in [-0.25, -0.2) is 4.98 Å². The number of benzene rings is 1. The molecule has 146 valence electrons. The molecule has 0 amide bonds. The summed E-state index contributed by atoms with van der Waals surface area (Å²) in [6.45, 7) is 5.73. The number of carboxylic acid groups (broad SMARTS) is 2. The Morgan fingerprint density at radius 2 is 1.85 bits per heavy atom. The maximum absolute atomic E-state index is 11.6. The average Bonchev–Trinajstić information content (AvgIpc) is 3.00. The number of nitrogens with zero attached hydrogens (tertiary/aromatic N) is 1. The predicted molar refractivity (Wildman–Crippen MR) is 106 cm³/mol. The minimum absolute atomic E-state index is 0.113. The van der Waals surface area contributed by atoms with Crippen LogP contribution >= 0.6 is 22.9 Å². The molecule has 0 aliphatic rings. The van der Waals surface area contributed by atoms with Gasteiger partial charge in [0, 0.05) is 22.4 Å². The van der Waals surface area contributed by atoms with Crippen molar-refractivity contribution in [2.45, 2.75) is 45.7 Å². The fourth-order valence-electron chi connectivity index (χ4n) is 2.77. The zero-order chi connectivity index (χ0) is 20.1. The SMILES string of the molecule is Cc1cc(Cl)cc(-c2csc(CC(NC(CC(C)C)C(=O)O)C(=O)O)n2)c1. The van der Waals surface area contributed by atoms with Gasteiger partial charge in [0.2, 0.25) is 0 Å². The third-order valence-electron chi connectivity index (χ3n) is 3.97. The number of hydrogen-bond donors (Lipinski definition) is 3. The van der Waals surface area contributed by atoms with E-state index in [1.807, 2.05) is 44.4 Å². The van der Waals surface area contributed by atoms with Gasteiger partial charge >= 0.3 is 11.9 Å². The van der Waals surface area contributed by atoms with E-state index >= 15 is 0 Å². The second-order valence-electron chi connectivity index (χ2n) is 6.93. The zero-order valence-electron chi connectivity index (χ0n) is 15.4. The van der Waals surface area contributed by atoms with E-state index in [0.29, 0.717) is 16.5 Å². The Kier molecular flexibility index (Phi) is 7.35. The van der Waals surface area contributed by atoms with Gasteiger partial charge in [0.05, 0.1) is 10.7 Å². The molecule has 0 spiro atoms. The molecule has 1 aromatic heterocycles. The van der Waals surface area contributed by atoms with Crippen molar-refractivity contribution >= 4 is 34.9 Å². The smallest absolute Gasteiger partial charge is 0.321 e. The highest BCUT2D eigenvalue weighted by atomic mass is 35.5. The number of hydrogen-bond acceptors (Lipinski definition) is 5. The number of nitrogens with one attached hydrogen (secondary N) is 1. The highest BCUT2D eigenvalue weighted by Crippen LogP contribution is 2.26. The Labute approximate surface area is 167 Å². The number of aliphatic carboxylic acids is 2. The summed E-state index contributed by atoms with van der Waals surface area (Å²) < 4.78 is 0. The first-order valence-electron chi connectivity index (χ1n) is 8.59. The van der Waals surface area contributed by atoms with Gasteiger partial charge in [-0.1, -0.05) is 25.4 Å². The molecule has 2 rings (SSSR count). The van der Waals surface area contributed by atoms with E-state index in [1.165, 1.54) is 11.3 Å². The van der Waals surface area contributed by atoms with Crippen LogP contribution in [0.5, 0.6) is 0 Å². The molecule has 0 saturated carbocycles. The van der Waals surface area contributed by atoms with Crippen LogP contribution in [0.2, 0.25) is 5.02 Å². The average molecular weight is 411 g/mol. The molecule has 1 heterocycles. The van der Waals surface area contributed by atoms with E-state index in [0.717, 1.165) is 16.8 Å². The van der Waals surface area contributed by atoms with Crippen LogP contribution in [-0.4, -0.2) is 39.2 Å². The van der Waals surface area contributed by atoms with Gasteiger partial charge in [0.15, 0.2) is 0 Å². The molecule has 0 aliphatic carbocycles. The number of carbonyl (C=O) groups is 2. The second kappa shape index (κ2) is 9.30. The lowest BCUT2D eigenvalue weighted by molar-refractivity contribution is -0.142. The molecule has 27 heavy (non-hydrogen) atoms. The van der Waals surface area contributed by atoms with Gasteiger partial charge in [-0.05, 0) is 43.0 Å². The van der Waals surface area contributed by atoms with Crippen molar-refractivity contribution in [2.75, 3.05) is 0 Å². The summed E-state index contributed by atoms with van der Waals surface area (Å²) in [5.74, 6) is -2.02. The third-order valence-corrected chi connectivity index (χ3v) is 5.06. The van der Waals surface area contributed by atoms with Gasteiger partial charge in [0.1, 0.15) is 12.1 Å². The number of carboxylic acids is 2. The monoisotopic (exact) mass is 410 g/mol. The van der Waals surface area contributed by atoms with Crippen LogP contribution in [-0.2, 0) is 16.0 Å². The van der Waals surface area contributed by atoms with Crippen molar-refractivity contribution in [3.8, 4) is 11.3 Å². The van der Waals surface area contributed by atoms with Gasteiger partial charge in [-0.3, -0.25) is 14.9 Å². The normalized spacial score (nSPS) is 13.5. The highest BCUT2D eigenvalue weighted by Gasteiger charge is 2.27. The number of thiazole rings is 1. The molecule has 3 N–H and O–H groups in total. The number of rotatable bonds is 9. The van der Waals surface area contributed by atoms with Crippen molar-refractivity contribution in [1.82, 2.24) is 10.3 Å². The Hall–Kier alpha value is -1.96. The maximum atomic E-state index is 11.6. The molecule has 6 nitrogen and oxygen atoms in total. The Morgan fingerprint density at radius 3 is 2.41 bits per heavy atom. The fraction of sp³-hybridized carbons (Fsp3) is 0.421. The summed E-state index contributed by atoms with van der Waals surface area (Å²) in [6, 6.07) is 3.68. The second-order valence-corrected chi connectivity index (χ2v) is 8.30. The predicted octanol–water partition coefficient (Wildman–Crippen LogP) is 3.86. The maximum Gasteiger partial charge on any atom is 0.321 e. The standard InChI is InChI=1S/C19H23ClN2O4S/c1-10(2)4-14(18(23)24)21-15(19(25)26)8-17-22-16(9-27-17)12-5-11(3)6-13(20)7-12/h5-7,9-10,14-15,21H,4,8H2,1-3H3,(H,23,24)(H,25,26). The minimum Gasteiger partial charge on any atom is -0.480 e. The van der Waals surface area contributed by atoms with Gasteiger partial charge in [-0.15, -0.1) is 11.3 Å². The summed E-state index contributed by atoms with van der Waals surface area (Å²) in [5, 5.41) is 24.7. The fourth-order valence-corrected chi connectivity index (χ4v) is 3.91. The first kappa shape index (κ1) is 21.3. The van der Waals surface area contributed by atoms with E-state index in [1.54, 1.807) is 0 Å². The Morgan fingerprint density at radius 1 is 1.19 bits per heavy atom. The molecular weight excluding hydrogens is 388 g/mol. The molecule has 2 unspecified atom stereocenters. The lowest BCUT2D eigenvalue weighted by atomic mass is 10.0. The Bertz CT molecular complexity index is 802. The summed E-state index contributed by atoms with van der Waals surface area (Å²) >= 11 is 7.44. The molecule has 1 aromatic carbocycles. The summed E-state index contributed by atoms with van der Waals surface area (Å²) in [5.41, 5.74) is 2.60. The van der Waals surface area contributed by atoms with Crippen molar-refractivity contribution in [2.24, 2.45) is 5.92 Å². The van der Waals surface area contributed by atoms with E-state index in [9.17, 15) is 19.8 Å². The third kappa shape index (κ3) is 6.30. The van der Waals surface area contributed by atoms with Crippen LogP contribution in [0.3, 0.4) is 0 Å². The zero-order valence-corrected chi connectivity index (χ0v) is 17.0. The van der Waals surface area contributed by atoms with Crippen LogP contribution in [0.1, 0.15) is 30.8 Å². The molecule has 0 bridgehead atoms. The molecule has 8 heteroatoms. The number of aryl methyl sites for hydroxylation is 1. The lowest BCUT2D eigenvalue weighted by Crippen LogP contribution is -2.48. The first-order valence-corrected chi connectivity index (χ1v) is 9.85. The topological polar surface area (TPSA) is 99.5 Å². The molecule has 0 fully saturated rings. The molecule has 2 aromatic rings. The van der Waals surface area contributed by atoms with E-state index in [-0.39, 0.29) is 12.3 Å². The van der Waals surface area contributed by atoms with Crippen LogP contribution < -0.4 is 5.32 Å². The van der Waals surface area contributed by atoms with Crippen LogP contribution in [0, 0.1) is 12.8 Å². The largest absolute Gasteiger partial charge is 0.480 e. The van der Waals surface area contributed by atoms with E-state index < -0.39 is 24.0 Å². The summed E-state index contributed by atoms with van der Waals surface area (Å²) in [4.78, 5) is 27.5. The summed E-state index contributed by atoms with van der Waals surface area (Å²) in [6.07, 6.45) is 0.464. The van der Waals surface area contributed by atoms with Crippen molar-refractivity contribution in [3.63, 3.8) is 0 Å². The van der Waals surface area contributed by atoms with Gasteiger partial charge in [-0.2, -0.15) is 0 Å². The van der Waals surface area contributed by atoms with Crippen molar-refractivity contribution in [3.05, 3.63) is 39.2 Å².